The third-order valence-electron chi connectivity index (χ3n) is 5.62. The summed E-state index contributed by atoms with van der Waals surface area (Å²) in [5.41, 5.74) is 0.947. The Balaban J connectivity index is 1.45. The van der Waals surface area contributed by atoms with Crippen molar-refractivity contribution in [2.45, 2.75) is 50.4 Å². The number of hydrogen-bond acceptors (Lipinski definition) is 5. The number of thioether (sulfide) groups is 1. The average molecular weight is 437 g/mol. The summed E-state index contributed by atoms with van der Waals surface area (Å²) in [4.78, 5) is 12.6. The van der Waals surface area contributed by atoms with Crippen LogP contribution >= 0.6 is 11.8 Å². The van der Waals surface area contributed by atoms with Gasteiger partial charge >= 0.3 is 0 Å². The minimum Gasteiger partial charge on any atom is -0.486 e. The molecule has 4 rings (SSSR count). The van der Waals surface area contributed by atoms with E-state index in [2.05, 4.69) is 22.4 Å². The number of carbonyl (C=O) groups excluding carboxylic acids is 1. The maximum absolute atomic E-state index is 12.6. The topological polar surface area (TPSA) is 69.0 Å². The molecule has 1 fully saturated rings. The van der Waals surface area contributed by atoms with Gasteiger partial charge in [0.25, 0.3) is 0 Å². The Kier molecular flexibility index (Phi) is 7.25. The highest BCUT2D eigenvalue weighted by molar-refractivity contribution is 7.99. The van der Waals surface area contributed by atoms with Crippen molar-refractivity contribution in [2.24, 2.45) is 5.92 Å². The van der Waals surface area contributed by atoms with E-state index >= 15 is 0 Å². The number of nitrogens with zero attached hydrogens (tertiary/aromatic N) is 3. The van der Waals surface area contributed by atoms with Gasteiger partial charge in [-0.3, -0.25) is 9.36 Å². The van der Waals surface area contributed by atoms with Gasteiger partial charge < -0.3 is 10.1 Å². The van der Waals surface area contributed by atoms with Crippen molar-refractivity contribution >= 4 is 17.7 Å². The second-order valence-electron chi connectivity index (χ2n) is 7.90. The summed E-state index contributed by atoms with van der Waals surface area (Å²) in [6, 6.07) is 19.9. The summed E-state index contributed by atoms with van der Waals surface area (Å²) in [6.07, 6.45) is 4.70. The molecule has 0 bridgehead atoms. The smallest absolute Gasteiger partial charge is 0.230 e. The zero-order valence-corrected chi connectivity index (χ0v) is 18.6. The van der Waals surface area contributed by atoms with Crippen molar-refractivity contribution in [1.29, 1.82) is 0 Å². The monoisotopic (exact) mass is 436 g/mol. The van der Waals surface area contributed by atoms with Crippen LogP contribution in [0.25, 0.3) is 5.69 Å². The summed E-state index contributed by atoms with van der Waals surface area (Å²) in [5, 5.41) is 12.6. The van der Waals surface area contributed by atoms with Gasteiger partial charge in [0.1, 0.15) is 12.4 Å². The lowest BCUT2D eigenvalue weighted by Crippen LogP contribution is -2.41. The number of aromatic nitrogens is 3. The largest absolute Gasteiger partial charge is 0.486 e. The van der Waals surface area contributed by atoms with Crippen molar-refractivity contribution in [2.75, 3.05) is 5.75 Å². The molecule has 1 aliphatic carbocycles. The van der Waals surface area contributed by atoms with E-state index < -0.39 is 0 Å². The summed E-state index contributed by atoms with van der Waals surface area (Å²) in [7, 11) is 0. The molecule has 0 radical (unpaired) electrons. The van der Waals surface area contributed by atoms with Crippen molar-refractivity contribution in [1.82, 2.24) is 20.1 Å². The molecule has 1 aromatic heterocycles. The van der Waals surface area contributed by atoms with Crippen LogP contribution < -0.4 is 10.1 Å². The summed E-state index contributed by atoms with van der Waals surface area (Å²) in [5.74, 6) is 2.37. The van der Waals surface area contributed by atoms with E-state index in [1.807, 2.05) is 65.2 Å². The second-order valence-corrected chi connectivity index (χ2v) is 8.84. The van der Waals surface area contributed by atoms with E-state index in [0.29, 0.717) is 22.7 Å². The Morgan fingerprint density at radius 2 is 1.77 bits per heavy atom. The fourth-order valence-corrected chi connectivity index (χ4v) is 4.68. The quantitative estimate of drug-likeness (QED) is 0.521. The van der Waals surface area contributed by atoms with Crippen LogP contribution in [0.3, 0.4) is 0 Å². The maximum atomic E-state index is 12.6. The first kappa shape index (κ1) is 21.4. The molecule has 31 heavy (non-hydrogen) atoms. The zero-order chi connectivity index (χ0) is 21.5. The Morgan fingerprint density at radius 1 is 1.06 bits per heavy atom. The molecule has 1 aliphatic rings. The second kappa shape index (κ2) is 10.5. The molecular weight excluding hydrogens is 408 g/mol. The molecule has 0 unspecified atom stereocenters. The number of para-hydroxylation sites is 2. The van der Waals surface area contributed by atoms with Crippen LogP contribution in [0.5, 0.6) is 5.75 Å². The van der Waals surface area contributed by atoms with Crippen LogP contribution in [0.4, 0.5) is 0 Å². The lowest BCUT2D eigenvalue weighted by atomic mass is 9.86. The minimum atomic E-state index is 0.0495. The molecule has 1 amide bonds. The van der Waals surface area contributed by atoms with E-state index in [-0.39, 0.29) is 18.6 Å². The number of nitrogens with one attached hydrogen (secondary N) is 1. The van der Waals surface area contributed by atoms with E-state index in [0.717, 1.165) is 17.9 Å². The van der Waals surface area contributed by atoms with Gasteiger partial charge in [-0.15, -0.1) is 10.2 Å². The molecule has 2 aromatic carbocycles. The van der Waals surface area contributed by atoms with Crippen molar-refractivity contribution in [3.05, 3.63) is 66.5 Å². The normalized spacial score (nSPS) is 18.5. The predicted octanol–water partition coefficient (Wildman–Crippen LogP) is 4.63. The Bertz CT molecular complexity index is 978. The van der Waals surface area contributed by atoms with Crippen LogP contribution in [0.15, 0.2) is 65.8 Å². The SMILES string of the molecule is C[C@@H]1CCCC[C@@H]1NC(=O)CSc1nnc(COc2ccccc2)n1-c1ccccc1. The standard InChI is InChI=1S/C24H28N4O2S/c1-18-10-8-9-15-21(18)25-23(29)17-31-24-27-26-22(16-30-20-13-6-3-7-14-20)28(24)19-11-4-2-5-12-19/h2-7,11-14,18,21H,8-10,15-17H2,1H3,(H,25,29)/t18-,21+/m1/s1. The number of amides is 1. The number of hydrogen-bond donors (Lipinski definition) is 1. The van der Waals surface area contributed by atoms with Crippen LogP contribution in [-0.4, -0.2) is 32.5 Å². The first-order valence-corrected chi connectivity index (χ1v) is 11.8. The molecule has 162 valence electrons. The summed E-state index contributed by atoms with van der Waals surface area (Å²) >= 11 is 1.40. The van der Waals surface area contributed by atoms with Gasteiger partial charge in [0.15, 0.2) is 11.0 Å². The van der Waals surface area contributed by atoms with Crippen molar-refractivity contribution in [3.8, 4) is 11.4 Å². The molecule has 0 aliphatic heterocycles. The lowest BCUT2D eigenvalue weighted by Gasteiger charge is -2.29. The summed E-state index contributed by atoms with van der Waals surface area (Å²) in [6.45, 7) is 2.51. The van der Waals surface area contributed by atoms with Crippen molar-refractivity contribution in [3.63, 3.8) is 0 Å². The van der Waals surface area contributed by atoms with Gasteiger partial charge in [-0.2, -0.15) is 0 Å². The predicted molar refractivity (Wildman–Crippen MR) is 122 cm³/mol. The number of carbonyl (C=O) groups is 1. The van der Waals surface area contributed by atoms with Crippen LogP contribution in [0.2, 0.25) is 0 Å². The van der Waals surface area contributed by atoms with Crippen molar-refractivity contribution < 1.29 is 9.53 Å². The Labute approximate surface area is 187 Å². The van der Waals surface area contributed by atoms with Gasteiger partial charge in [0.05, 0.1) is 5.75 Å². The first-order valence-electron chi connectivity index (χ1n) is 10.8. The average Bonchev–Trinajstić information content (AvgIpc) is 3.22. The van der Waals surface area contributed by atoms with Crippen LogP contribution in [0, 0.1) is 5.92 Å². The van der Waals surface area contributed by atoms with Gasteiger partial charge in [-0.25, -0.2) is 0 Å². The molecule has 0 spiro atoms. The van der Waals surface area contributed by atoms with Gasteiger partial charge in [-0.1, -0.05) is 67.9 Å². The number of benzene rings is 2. The molecule has 1 N–H and O–H groups in total. The summed E-state index contributed by atoms with van der Waals surface area (Å²) < 4.78 is 7.86. The van der Waals surface area contributed by atoms with Crippen LogP contribution in [-0.2, 0) is 11.4 Å². The highest BCUT2D eigenvalue weighted by Crippen LogP contribution is 2.25. The molecule has 0 saturated heterocycles. The highest BCUT2D eigenvalue weighted by Gasteiger charge is 2.23. The van der Waals surface area contributed by atoms with Crippen LogP contribution in [0.1, 0.15) is 38.4 Å². The van der Waals surface area contributed by atoms with Gasteiger partial charge in [0.2, 0.25) is 5.91 Å². The molecule has 7 heteroatoms. The van der Waals surface area contributed by atoms with E-state index in [1.165, 1.54) is 31.0 Å². The Morgan fingerprint density at radius 3 is 2.52 bits per heavy atom. The molecule has 1 heterocycles. The zero-order valence-electron chi connectivity index (χ0n) is 17.7. The third-order valence-corrected chi connectivity index (χ3v) is 6.55. The first-order chi connectivity index (χ1) is 15.2. The molecule has 1 saturated carbocycles. The third kappa shape index (κ3) is 5.67. The fourth-order valence-electron chi connectivity index (χ4n) is 3.90. The highest BCUT2D eigenvalue weighted by atomic mass is 32.2. The fraction of sp³-hybridized carbons (Fsp3) is 0.375. The molecule has 3 aromatic rings. The lowest BCUT2D eigenvalue weighted by molar-refractivity contribution is -0.119. The molecule has 2 atom stereocenters. The molecular formula is C24H28N4O2S. The number of rotatable bonds is 8. The molecule has 6 nitrogen and oxygen atoms in total. The van der Waals surface area contributed by atoms with E-state index in [1.54, 1.807) is 0 Å². The Hall–Kier alpha value is -2.80. The van der Waals surface area contributed by atoms with Gasteiger partial charge in [0, 0.05) is 11.7 Å². The maximum Gasteiger partial charge on any atom is 0.230 e. The van der Waals surface area contributed by atoms with Gasteiger partial charge in [-0.05, 0) is 43.0 Å². The minimum absolute atomic E-state index is 0.0495. The van der Waals surface area contributed by atoms with E-state index in [9.17, 15) is 4.79 Å². The van der Waals surface area contributed by atoms with E-state index in [4.69, 9.17) is 4.74 Å². The number of ether oxygens (including phenoxy) is 1.